The van der Waals surface area contributed by atoms with Crippen molar-refractivity contribution in [3.8, 4) is 16.9 Å². The van der Waals surface area contributed by atoms with Gasteiger partial charge in [-0.3, -0.25) is 14.7 Å². The number of aliphatic imine (C=N–C) groups is 1. The number of carbonyl (C=O) groups is 1. The standard InChI is InChI=1S/C26H28N4O4S/c1-4-12-35(32,33)17-18-8-10-21(11-9-18)26(24(31)30(2)25(27)29-26)22-7-5-6-19(13-22)20-14-23(34-3)16-28-15-20/h5-11,13-16H,4,12,17H2,1-3H3,(H2,27,29). The molecule has 0 spiro atoms. The molecule has 0 saturated heterocycles. The van der Waals surface area contributed by atoms with Crippen LogP contribution in [-0.2, 0) is 25.9 Å². The molecule has 8 nitrogen and oxygen atoms in total. The van der Waals surface area contributed by atoms with E-state index in [1.165, 1.54) is 4.90 Å². The molecule has 35 heavy (non-hydrogen) atoms. The molecule has 2 heterocycles. The van der Waals surface area contributed by atoms with Crippen LogP contribution >= 0.6 is 0 Å². The predicted octanol–water partition coefficient (Wildman–Crippen LogP) is 3.11. The number of nitrogens with zero attached hydrogens (tertiary/aromatic N) is 3. The molecule has 1 unspecified atom stereocenters. The maximum atomic E-state index is 13.6. The molecular formula is C26H28N4O4S. The van der Waals surface area contributed by atoms with Gasteiger partial charge >= 0.3 is 0 Å². The van der Waals surface area contributed by atoms with Gasteiger partial charge in [0.25, 0.3) is 5.91 Å². The van der Waals surface area contributed by atoms with Gasteiger partial charge in [0.05, 0.1) is 24.8 Å². The Labute approximate surface area is 205 Å². The van der Waals surface area contributed by atoms with Crippen LogP contribution in [0.1, 0.15) is 30.0 Å². The average Bonchev–Trinajstić information content (AvgIpc) is 3.09. The summed E-state index contributed by atoms with van der Waals surface area (Å²) < 4.78 is 29.8. The lowest BCUT2D eigenvalue weighted by atomic mass is 9.81. The number of nitrogens with two attached hydrogens (primary N) is 1. The van der Waals surface area contributed by atoms with Crippen LogP contribution in [-0.4, -0.2) is 50.1 Å². The number of guanidine groups is 1. The van der Waals surface area contributed by atoms with Crippen LogP contribution in [0.15, 0.2) is 72.0 Å². The van der Waals surface area contributed by atoms with E-state index in [0.29, 0.717) is 28.9 Å². The van der Waals surface area contributed by atoms with Crippen LogP contribution in [0.25, 0.3) is 11.1 Å². The fourth-order valence-corrected chi connectivity index (χ4v) is 5.74. The number of likely N-dealkylation sites (N-methyl/N-ethyl adjacent to an activating group) is 1. The Balaban J connectivity index is 1.80. The SMILES string of the molecule is CCCS(=O)(=O)Cc1ccc(C2(c3cccc(-c4cncc(OC)c4)c3)N=C(N)N(C)C2=O)cc1. The molecule has 2 N–H and O–H groups in total. The lowest BCUT2D eigenvalue weighted by molar-refractivity contribution is -0.129. The number of methoxy groups -OCH3 is 1. The largest absolute Gasteiger partial charge is 0.495 e. The highest BCUT2D eigenvalue weighted by Crippen LogP contribution is 2.40. The highest BCUT2D eigenvalue weighted by Gasteiger charge is 2.49. The van der Waals surface area contributed by atoms with Crippen molar-refractivity contribution in [3.63, 3.8) is 0 Å². The van der Waals surface area contributed by atoms with E-state index in [9.17, 15) is 13.2 Å². The number of aromatic nitrogens is 1. The minimum absolute atomic E-state index is 0.0499. The molecule has 9 heteroatoms. The zero-order valence-corrected chi connectivity index (χ0v) is 20.7. The Morgan fingerprint density at radius 3 is 2.40 bits per heavy atom. The van der Waals surface area contributed by atoms with Crippen molar-refractivity contribution < 1.29 is 17.9 Å². The topological polar surface area (TPSA) is 115 Å². The Kier molecular flexibility index (Phi) is 6.62. The molecule has 0 fully saturated rings. The predicted molar refractivity (Wildman–Crippen MR) is 136 cm³/mol. The maximum Gasteiger partial charge on any atom is 0.266 e. The molecule has 1 aromatic heterocycles. The monoisotopic (exact) mass is 492 g/mol. The third-order valence-electron chi connectivity index (χ3n) is 6.08. The van der Waals surface area contributed by atoms with Gasteiger partial charge < -0.3 is 10.5 Å². The molecule has 4 rings (SSSR count). The highest BCUT2D eigenvalue weighted by atomic mass is 32.2. The van der Waals surface area contributed by atoms with Crippen LogP contribution in [0.4, 0.5) is 0 Å². The molecular weight excluding hydrogens is 464 g/mol. The summed E-state index contributed by atoms with van der Waals surface area (Å²) in [5, 5.41) is 0. The molecule has 2 aromatic carbocycles. The van der Waals surface area contributed by atoms with Gasteiger partial charge in [-0.2, -0.15) is 0 Å². The van der Waals surface area contributed by atoms with E-state index in [1.807, 2.05) is 37.3 Å². The van der Waals surface area contributed by atoms with E-state index < -0.39 is 15.4 Å². The summed E-state index contributed by atoms with van der Waals surface area (Å²) in [6, 6.07) is 16.4. The third-order valence-corrected chi connectivity index (χ3v) is 7.88. The average molecular weight is 493 g/mol. The summed E-state index contributed by atoms with van der Waals surface area (Å²) in [4.78, 5) is 23.8. The summed E-state index contributed by atoms with van der Waals surface area (Å²) in [6.45, 7) is 1.84. The summed E-state index contributed by atoms with van der Waals surface area (Å²) in [5.74, 6) is 0.524. The molecule has 0 radical (unpaired) electrons. The molecule has 1 amide bonds. The van der Waals surface area contributed by atoms with Gasteiger partial charge in [0.15, 0.2) is 21.3 Å². The number of amides is 1. The Bertz CT molecular complexity index is 1390. The van der Waals surface area contributed by atoms with Crippen LogP contribution in [0.3, 0.4) is 0 Å². The van der Waals surface area contributed by atoms with E-state index in [1.54, 1.807) is 50.8 Å². The molecule has 0 bridgehead atoms. The maximum absolute atomic E-state index is 13.6. The number of benzene rings is 2. The van der Waals surface area contributed by atoms with Crippen molar-refractivity contribution >= 4 is 21.7 Å². The van der Waals surface area contributed by atoms with Gasteiger partial charge in [0.1, 0.15) is 5.75 Å². The first kappa shape index (κ1) is 24.4. The van der Waals surface area contributed by atoms with Crippen molar-refractivity contribution in [2.75, 3.05) is 19.9 Å². The number of carbonyl (C=O) groups excluding carboxylic acids is 1. The van der Waals surface area contributed by atoms with Crippen LogP contribution < -0.4 is 10.5 Å². The second kappa shape index (κ2) is 9.50. The van der Waals surface area contributed by atoms with Crippen molar-refractivity contribution in [3.05, 3.63) is 83.7 Å². The van der Waals surface area contributed by atoms with Gasteiger partial charge in [-0.1, -0.05) is 49.4 Å². The van der Waals surface area contributed by atoms with Gasteiger partial charge in [-0.15, -0.1) is 0 Å². The van der Waals surface area contributed by atoms with E-state index in [2.05, 4.69) is 9.98 Å². The van der Waals surface area contributed by atoms with Crippen molar-refractivity contribution in [1.29, 1.82) is 0 Å². The summed E-state index contributed by atoms with van der Waals surface area (Å²) >= 11 is 0. The number of ether oxygens (including phenoxy) is 1. The number of rotatable bonds is 8. The normalized spacial score (nSPS) is 18.0. The summed E-state index contributed by atoms with van der Waals surface area (Å²) in [6.07, 6.45) is 3.91. The van der Waals surface area contributed by atoms with E-state index >= 15 is 0 Å². The van der Waals surface area contributed by atoms with Gasteiger partial charge in [0, 0.05) is 18.8 Å². The number of hydrogen-bond donors (Lipinski definition) is 1. The van der Waals surface area contributed by atoms with E-state index in [4.69, 9.17) is 10.5 Å². The lowest BCUT2D eigenvalue weighted by Crippen LogP contribution is -2.41. The minimum Gasteiger partial charge on any atom is -0.495 e. The fraction of sp³-hybridized carbons (Fsp3) is 0.269. The highest BCUT2D eigenvalue weighted by molar-refractivity contribution is 7.90. The van der Waals surface area contributed by atoms with Gasteiger partial charge in [-0.05, 0) is 40.8 Å². The van der Waals surface area contributed by atoms with Crippen LogP contribution in [0, 0.1) is 0 Å². The fourth-order valence-electron chi connectivity index (χ4n) is 4.28. The molecule has 0 saturated carbocycles. The first-order chi connectivity index (χ1) is 16.7. The van der Waals surface area contributed by atoms with Crippen molar-refractivity contribution in [2.24, 2.45) is 10.7 Å². The van der Waals surface area contributed by atoms with Gasteiger partial charge in [0.2, 0.25) is 0 Å². The van der Waals surface area contributed by atoms with Gasteiger partial charge in [-0.25, -0.2) is 13.4 Å². The van der Waals surface area contributed by atoms with Crippen LogP contribution in [0.5, 0.6) is 5.75 Å². The van der Waals surface area contributed by atoms with Crippen molar-refractivity contribution in [1.82, 2.24) is 9.88 Å². The Hall–Kier alpha value is -3.72. The first-order valence-electron chi connectivity index (χ1n) is 11.2. The van der Waals surface area contributed by atoms with Crippen molar-refractivity contribution in [2.45, 2.75) is 24.6 Å². The first-order valence-corrected chi connectivity index (χ1v) is 13.1. The number of sulfone groups is 1. The molecule has 0 aliphatic carbocycles. The summed E-state index contributed by atoms with van der Waals surface area (Å²) in [7, 11) is -0.0282. The molecule has 1 aliphatic heterocycles. The number of hydrogen-bond acceptors (Lipinski definition) is 7. The quantitative estimate of drug-likeness (QED) is 0.517. The zero-order chi connectivity index (χ0) is 25.2. The molecule has 3 aromatic rings. The summed E-state index contributed by atoms with van der Waals surface area (Å²) in [5.41, 5.74) is 8.28. The minimum atomic E-state index is -3.19. The molecule has 1 aliphatic rings. The second-order valence-corrected chi connectivity index (χ2v) is 10.7. The third kappa shape index (κ3) is 4.64. The van der Waals surface area contributed by atoms with E-state index in [-0.39, 0.29) is 23.4 Å². The molecule has 182 valence electrons. The van der Waals surface area contributed by atoms with E-state index in [0.717, 1.165) is 11.1 Å². The number of pyridine rings is 1. The Morgan fingerprint density at radius 2 is 1.77 bits per heavy atom. The van der Waals surface area contributed by atoms with Crippen LogP contribution in [0.2, 0.25) is 0 Å². The zero-order valence-electron chi connectivity index (χ0n) is 19.9. The Morgan fingerprint density at radius 1 is 1.03 bits per heavy atom. The smallest absolute Gasteiger partial charge is 0.266 e. The lowest BCUT2D eigenvalue weighted by Gasteiger charge is -2.27. The molecule has 1 atom stereocenters. The second-order valence-electron chi connectivity index (χ2n) is 8.53.